The molecule has 0 fully saturated rings. The molecule has 3 rings (SSSR count). The van der Waals surface area contributed by atoms with Crippen LogP contribution in [0, 0.1) is 0 Å². The Balaban J connectivity index is 0.00000161. The number of ether oxygens (including phenoxy) is 2. The summed E-state index contributed by atoms with van der Waals surface area (Å²) in [7, 11) is 3.00. The van der Waals surface area contributed by atoms with Crippen LogP contribution in [0.15, 0.2) is 36.4 Å². The fourth-order valence-corrected chi connectivity index (χ4v) is 2.08. The molecule has 5 nitrogen and oxygen atoms in total. The molecular weight excluding hydrogens is 320 g/mol. The molecule has 1 aromatic heterocycles. The van der Waals surface area contributed by atoms with Crippen molar-refractivity contribution in [3.05, 3.63) is 36.4 Å². The van der Waals surface area contributed by atoms with Crippen LogP contribution in [-0.4, -0.2) is 19.2 Å². The Morgan fingerprint density at radius 1 is 1.10 bits per heavy atom. The van der Waals surface area contributed by atoms with Crippen molar-refractivity contribution >= 4 is 11.0 Å². The van der Waals surface area contributed by atoms with Gasteiger partial charge in [0.25, 0.3) is 0 Å². The zero-order chi connectivity index (χ0) is 14.1. The average Bonchev–Trinajstić information content (AvgIpc) is 2.89. The van der Waals surface area contributed by atoms with E-state index >= 15 is 0 Å². The number of nitrogens with zero attached hydrogens (tertiary/aromatic N) is 2. The van der Waals surface area contributed by atoms with Gasteiger partial charge in [-0.15, -0.1) is 0 Å². The van der Waals surface area contributed by atoms with E-state index in [9.17, 15) is 5.11 Å². The van der Waals surface area contributed by atoms with Gasteiger partial charge in [0.05, 0.1) is 14.2 Å². The van der Waals surface area contributed by atoms with Gasteiger partial charge in [-0.1, -0.05) is 30.0 Å². The maximum Gasteiger partial charge on any atom is 2.00 e. The number of aromatic nitrogens is 2. The summed E-state index contributed by atoms with van der Waals surface area (Å²) >= 11 is 0. The molecule has 6 heteroatoms. The van der Waals surface area contributed by atoms with Crippen LogP contribution in [0.1, 0.15) is 0 Å². The Labute approximate surface area is 132 Å². The maximum atomic E-state index is 12.2. The standard InChI is InChI=1S/C15H13N2O3.Cu/c1-19-9-7-12(18)14(13(8-9)20-2)15-16-10-5-3-4-6-11(10)17-15;/h3-8H,1-2H3,(H-,16,17,18);/q-1;+2/p-1. The molecule has 0 saturated carbocycles. The molecule has 0 aliphatic heterocycles. The third-order valence-corrected chi connectivity index (χ3v) is 3.05. The molecule has 0 aliphatic rings. The first-order valence-electron chi connectivity index (χ1n) is 6.06. The second kappa shape index (κ2) is 6.08. The van der Waals surface area contributed by atoms with Crippen molar-refractivity contribution in [2.24, 2.45) is 0 Å². The van der Waals surface area contributed by atoms with Gasteiger partial charge in [0.1, 0.15) is 11.5 Å². The number of fused-ring (bicyclic) bond motifs is 1. The smallest absolute Gasteiger partial charge is 0.872 e. The molecular formula is C15H12CuN2O3. The van der Waals surface area contributed by atoms with Gasteiger partial charge in [0.15, 0.2) is 0 Å². The normalized spacial score (nSPS) is 10.2. The molecule has 0 spiro atoms. The second-order valence-corrected chi connectivity index (χ2v) is 4.24. The van der Waals surface area contributed by atoms with Crippen molar-refractivity contribution in [3.63, 3.8) is 0 Å². The van der Waals surface area contributed by atoms with Crippen molar-refractivity contribution in [3.8, 4) is 28.6 Å². The van der Waals surface area contributed by atoms with E-state index < -0.39 is 0 Å². The molecule has 0 aliphatic carbocycles. The van der Waals surface area contributed by atoms with Crippen LogP contribution in [0.5, 0.6) is 17.2 Å². The van der Waals surface area contributed by atoms with Crippen LogP contribution < -0.4 is 19.6 Å². The minimum Gasteiger partial charge on any atom is -0.872 e. The van der Waals surface area contributed by atoms with Gasteiger partial charge in [-0.2, -0.15) is 0 Å². The summed E-state index contributed by atoms with van der Waals surface area (Å²) in [6.45, 7) is 0. The molecule has 0 saturated heterocycles. The minimum absolute atomic E-state index is 0. The molecule has 0 N–H and O–H groups in total. The second-order valence-electron chi connectivity index (χ2n) is 4.24. The topological polar surface area (TPSA) is 68.5 Å². The van der Waals surface area contributed by atoms with Crippen molar-refractivity contribution in [1.29, 1.82) is 0 Å². The molecule has 21 heavy (non-hydrogen) atoms. The summed E-state index contributed by atoms with van der Waals surface area (Å²) < 4.78 is 10.3. The van der Waals surface area contributed by atoms with Crippen LogP contribution >= 0.6 is 0 Å². The minimum atomic E-state index is -0.225. The molecule has 0 atom stereocenters. The molecule has 3 aromatic rings. The molecule has 1 heterocycles. The summed E-state index contributed by atoms with van der Waals surface area (Å²) in [5.41, 5.74) is 1.85. The predicted octanol–water partition coefficient (Wildman–Crippen LogP) is 1.95. The van der Waals surface area contributed by atoms with Crippen molar-refractivity contribution in [2.45, 2.75) is 0 Å². The van der Waals surface area contributed by atoms with E-state index in [0.717, 1.165) is 11.0 Å². The number of rotatable bonds is 3. The summed E-state index contributed by atoms with van der Waals surface area (Å²) in [6.07, 6.45) is 0. The monoisotopic (exact) mass is 331 g/mol. The van der Waals surface area contributed by atoms with Crippen molar-refractivity contribution in [2.75, 3.05) is 14.2 Å². The number of hydrogen-bond acceptors (Lipinski definition) is 4. The maximum absolute atomic E-state index is 12.2. The first-order chi connectivity index (χ1) is 9.72. The van der Waals surface area contributed by atoms with Crippen LogP contribution in [0.4, 0.5) is 0 Å². The van der Waals surface area contributed by atoms with Crippen LogP contribution in [0.3, 0.4) is 0 Å². The Kier molecular flexibility index (Phi) is 4.40. The zero-order valence-corrected chi connectivity index (χ0v) is 12.3. The number of benzene rings is 2. The van der Waals surface area contributed by atoms with E-state index in [1.807, 2.05) is 24.3 Å². The fraction of sp³-hybridized carbons (Fsp3) is 0.133. The fourth-order valence-electron chi connectivity index (χ4n) is 2.08. The van der Waals surface area contributed by atoms with Gasteiger partial charge in [-0.05, 0) is 22.9 Å². The average molecular weight is 332 g/mol. The van der Waals surface area contributed by atoms with E-state index in [-0.39, 0.29) is 22.8 Å². The van der Waals surface area contributed by atoms with Crippen molar-refractivity contribution < 1.29 is 31.6 Å². The van der Waals surface area contributed by atoms with E-state index in [4.69, 9.17) is 9.47 Å². The first-order valence-corrected chi connectivity index (χ1v) is 6.06. The summed E-state index contributed by atoms with van der Waals surface area (Å²) in [4.78, 5) is 8.75. The first kappa shape index (κ1) is 15.2. The largest absolute Gasteiger partial charge is 2.00 e. The number of methoxy groups -OCH3 is 2. The van der Waals surface area contributed by atoms with E-state index in [1.165, 1.54) is 20.3 Å². The van der Waals surface area contributed by atoms with Crippen LogP contribution in [0.25, 0.3) is 22.4 Å². The zero-order valence-electron chi connectivity index (χ0n) is 11.4. The van der Waals surface area contributed by atoms with Crippen molar-refractivity contribution in [1.82, 2.24) is 9.97 Å². The molecule has 0 bridgehead atoms. The third-order valence-electron chi connectivity index (χ3n) is 3.05. The SMILES string of the molecule is COc1cc([O-])c(-c2nc3ccccc3[n-]2)c(OC)c1.[Cu+2]. The molecule has 0 unspecified atom stereocenters. The quantitative estimate of drug-likeness (QED) is 0.686. The van der Waals surface area contributed by atoms with Gasteiger partial charge in [-0.25, -0.2) is 0 Å². The number of para-hydroxylation sites is 2. The van der Waals surface area contributed by atoms with Crippen LogP contribution in [0.2, 0.25) is 0 Å². The molecule has 2 aromatic carbocycles. The van der Waals surface area contributed by atoms with Gasteiger partial charge in [0, 0.05) is 11.6 Å². The van der Waals surface area contributed by atoms with Crippen LogP contribution in [-0.2, 0) is 17.1 Å². The Bertz CT molecular complexity index is 738. The molecule has 0 amide bonds. The van der Waals surface area contributed by atoms with E-state index in [2.05, 4.69) is 9.97 Å². The molecule has 1 radical (unpaired) electrons. The third kappa shape index (κ3) is 2.68. The Hall–Kier alpha value is -2.17. The van der Waals surface area contributed by atoms with Gasteiger partial charge < -0.3 is 24.5 Å². The van der Waals surface area contributed by atoms with E-state index in [1.54, 1.807) is 6.07 Å². The predicted molar refractivity (Wildman–Crippen MR) is 73.0 cm³/mol. The number of imidazole rings is 1. The molecule has 111 valence electrons. The summed E-state index contributed by atoms with van der Waals surface area (Å²) in [6, 6.07) is 10.5. The summed E-state index contributed by atoms with van der Waals surface area (Å²) in [5.74, 6) is 1.00. The summed E-state index contributed by atoms with van der Waals surface area (Å²) in [5, 5.41) is 12.2. The Morgan fingerprint density at radius 3 is 2.52 bits per heavy atom. The van der Waals surface area contributed by atoms with E-state index in [0.29, 0.717) is 22.9 Å². The van der Waals surface area contributed by atoms with Gasteiger partial charge >= 0.3 is 17.1 Å². The Morgan fingerprint density at radius 2 is 1.86 bits per heavy atom. The number of hydrogen-bond donors (Lipinski definition) is 0. The van der Waals surface area contributed by atoms with Gasteiger partial charge in [0.2, 0.25) is 0 Å². The van der Waals surface area contributed by atoms with Gasteiger partial charge in [-0.3, -0.25) is 0 Å².